The molecule has 0 spiro atoms. The zero-order valence-corrected chi connectivity index (χ0v) is 15.6. The molecule has 0 radical (unpaired) electrons. The van der Waals surface area contributed by atoms with Gasteiger partial charge in [-0.25, -0.2) is 0 Å². The molecule has 7 atom stereocenters. The summed E-state index contributed by atoms with van der Waals surface area (Å²) >= 11 is 0. The van der Waals surface area contributed by atoms with Crippen LogP contribution in [0.2, 0.25) is 0 Å². The molecule has 1 heterocycles. The van der Waals surface area contributed by atoms with Gasteiger partial charge in [-0.05, 0) is 25.7 Å². The van der Waals surface area contributed by atoms with Crippen LogP contribution in [0.4, 0.5) is 0 Å². The van der Waals surface area contributed by atoms with E-state index in [4.69, 9.17) is 9.47 Å². The second-order valence-corrected chi connectivity index (χ2v) is 7.02. The summed E-state index contributed by atoms with van der Waals surface area (Å²) in [5.74, 6) is -0.323. The van der Waals surface area contributed by atoms with Gasteiger partial charge in [0.05, 0.1) is 24.7 Å². The summed E-state index contributed by atoms with van der Waals surface area (Å²) in [6.07, 6.45) is 4.23. The van der Waals surface area contributed by atoms with Crippen LogP contribution < -0.4 is 0 Å². The lowest BCUT2D eigenvalue weighted by Crippen LogP contribution is -2.45. The van der Waals surface area contributed by atoms with Gasteiger partial charge in [0.1, 0.15) is 6.10 Å². The van der Waals surface area contributed by atoms with Crippen molar-refractivity contribution in [1.29, 1.82) is 0 Å². The molecule has 1 aliphatic heterocycles. The maximum absolute atomic E-state index is 11.6. The van der Waals surface area contributed by atoms with Crippen molar-refractivity contribution in [2.45, 2.75) is 77.8 Å². The van der Waals surface area contributed by atoms with Crippen LogP contribution >= 0.6 is 0 Å². The summed E-state index contributed by atoms with van der Waals surface area (Å²) in [7, 11) is 1.67. The van der Waals surface area contributed by atoms with Gasteiger partial charge < -0.3 is 19.7 Å². The second kappa shape index (κ2) is 10.2. The number of carbonyl (C=O) groups is 1. The van der Waals surface area contributed by atoms with Crippen molar-refractivity contribution in [2.24, 2.45) is 17.8 Å². The van der Waals surface area contributed by atoms with Gasteiger partial charge in [0.2, 0.25) is 0 Å². The normalized spacial score (nSPS) is 30.0. The predicted molar refractivity (Wildman–Crippen MR) is 93.5 cm³/mol. The SMILES string of the molecule is C/C=C/C[C@H](C)[C@@H](OC)[C@@H](C)[C@H](O)C[C@H]1OC(=O)CC(O)[C@H]1CC. The van der Waals surface area contributed by atoms with Gasteiger partial charge in [-0.15, -0.1) is 0 Å². The number of aliphatic hydroxyl groups excluding tert-OH is 2. The van der Waals surface area contributed by atoms with Crippen molar-refractivity contribution < 1.29 is 24.5 Å². The Bertz CT molecular complexity index is 409. The number of hydrogen-bond acceptors (Lipinski definition) is 5. The topological polar surface area (TPSA) is 76.0 Å². The van der Waals surface area contributed by atoms with E-state index >= 15 is 0 Å². The Morgan fingerprint density at radius 2 is 2.08 bits per heavy atom. The number of cyclic esters (lactones) is 1. The number of esters is 1. The van der Waals surface area contributed by atoms with E-state index in [0.29, 0.717) is 12.8 Å². The quantitative estimate of drug-likeness (QED) is 0.498. The van der Waals surface area contributed by atoms with E-state index in [9.17, 15) is 15.0 Å². The first-order chi connectivity index (χ1) is 11.3. The van der Waals surface area contributed by atoms with E-state index in [1.165, 1.54) is 0 Å². The van der Waals surface area contributed by atoms with E-state index in [0.717, 1.165) is 6.42 Å². The van der Waals surface area contributed by atoms with Crippen LogP contribution in [0.5, 0.6) is 0 Å². The van der Waals surface area contributed by atoms with E-state index in [1.54, 1.807) is 7.11 Å². The fraction of sp³-hybridized carbons (Fsp3) is 0.842. The van der Waals surface area contributed by atoms with Crippen LogP contribution in [-0.2, 0) is 14.3 Å². The highest BCUT2D eigenvalue weighted by atomic mass is 16.5. The number of rotatable bonds is 9. The van der Waals surface area contributed by atoms with E-state index in [2.05, 4.69) is 13.0 Å². The fourth-order valence-electron chi connectivity index (χ4n) is 3.75. The molecule has 1 aliphatic rings. The van der Waals surface area contributed by atoms with Gasteiger partial charge in [0, 0.05) is 25.4 Å². The first kappa shape index (κ1) is 21.1. The molecule has 0 saturated carbocycles. The number of methoxy groups -OCH3 is 1. The first-order valence-electron chi connectivity index (χ1n) is 9.05. The highest BCUT2D eigenvalue weighted by molar-refractivity contribution is 5.71. The van der Waals surface area contributed by atoms with Crippen molar-refractivity contribution in [1.82, 2.24) is 0 Å². The van der Waals surface area contributed by atoms with Crippen molar-refractivity contribution in [2.75, 3.05) is 7.11 Å². The lowest BCUT2D eigenvalue weighted by Gasteiger charge is -2.37. The Labute approximate surface area is 146 Å². The van der Waals surface area contributed by atoms with Crippen LogP contribution in [0.15, 0.2) is 12.2 Å². The van der Waals surface area contributed by atoms with Crippen LogP contribution in [-0.4, -0.2) is 47.7 Å². The highest BCUT2D eigenvalue weighted by Crippen LogP contribution is 2.31. The number of carbonyl (C=O) groups excluding carboxylic acids is 1. The Morgan fingerprint density at radius 3 is 2.62 bits per heavy atom. The zero-order chi connectivity index (χ0) is 18.3. The molecule has 5 nitrogen and oxygen atoms in total. The van der Waals surface area contributed by atoms with Gasteiger partial charge in [0.25, 0.3) is 0 Å². The zero-order valence-electron chi connectivity index (χ0n) is 15.6. The molecule has 1 saturated heterocycles. The van der Waals surface area contributed by atoms with E-state index in [-0.39, 0.29) is 36.2 Å². The van der Waals surface area contributed by atoms with Crippen molar-refractivity contribution in [3.63, 3.8) is 0 Å². The van der Waals surface area contributed by atoms with Crippen LogP contribution in [0, 0.1) is 17.8 Å². The summed E-state index contributed by atoms with van der Waals surface area (Å²) in [4.78, 5) is 11.6. The number of aliphatic hydroxyl groups is 2. The fourth-order valence-corrected chi connectivity index (χ4v) is 3.75. The highest BCUT2D eigenvalue weighted by Gasteiger charge is 2.39. The van der Waals surface area contributed by atoms with E-state index in [1.807, 2.05) is 26.8 Å². The molecule has 2 N–H and O–H groups in total. The lowest BCUT2D eigenvalue weighted by atomic mass is 9.81. The molecular formula is C19H34O5. The molecule has 1 fully saturated rings. The monoisotopic (exact) mass is 342 g/mol. The standard InChI is InChI=1S/C19H34O5/c1-6-8-9-12(3)19(23-5)13(4)15(20)10-17-14(7-2)16(21)11-18(22)24-17/h6,8,12-17,19-21H,7,9-11H2,1-5H3/b8-6+/t12-,13-,14+,15+,16?,17+,19+/m0/s1. The van der Waals surface area contributed by atoms with Crippen molar-refractivity contribution in [3.8, 4) is 0 Å². The molecule has 5 heteroatoms. The molecule has 1 rings (SSSR count). The predicted octanol–water partition coefficient (Wildman–Crippen LogP) is 2.69. The molecule has 0 bridgehead atoms. The molecular weight excluding hydrogens is 308 g/mol. The molecule has 0 aromatic carbocycles. The molecule has 0 amide bonds. The molecule has 140 valence electrons. The average Bonchev–Trinajstić information content (AvgIpc) is 2.53. The van der Waals surface area contributed by atoms with Crippen LogP contribution in [0.1, 0.15) is 53.4 Å². The van der Waals surface area contributed by atoms with Gasteiger partial charge in [0.15, 0.2) is 0 Å². The minimum Gasteiger partial charge on any atom is -0.462 e. The molecule has 0 aliphatic carbocycles. The Morgan fingerprint density at radius 1 is 1.42 bits per heavy atom. The summed E-state index contributed by atoms with van der Waals surface area (Å²) < 4.78 is 11.0. The summed E-state index contributed by atoms with van der Waals surface area (Å²) in [6.45, 7) is 8.02. The Hall–Kier alpha value is -0.910. The van der Waals surface area contributed by atoms with Gasteiger partial charge in [-0.1, -0.05) is 32.9 Å². The first-order valence-corrected chi connectivity index (χ1v) is 9.05. The maximum atomic E-state index is 11.6. The second-order valence-electron chi connectivity index (χ2n) is 7.02. The molecule has 0 aromatic rings. The maximum Gasteiger partial charge on any atom is 0.308 e. The van der Waals surface area contributed by atoms with Crippen LogP contribution in [0.25, 0.3) is 0 Å². The van der Waals surface area contributed by atoms with Gasteiger partial charge in [-0.3, -0.25) is 4.79 Å². The largest absolute Gasteiger partial charge is 0.462 e. The van der Waals surface area contributed by atoms with Crippen LogP contribution in [0.3, 0.4) is 0 Å². The van der Waals surface area contributed by atoms with E-state index < -0.39 is 18.3 Å². The number of allylic oxidation sites excluding steroid dienone is 2. The number of ether oxygens (including phenoxy) is 2. The summed E-state index contributed by atoms with van der Waals surface area (Å²) in [6, 6.07) is 0. The molecule has 0 aromatic heterocycles. The minimum atomic E-state index is -0.685. The summed E-state index contributed by atoms with van der Waals surface area (Å²) in [5.41, 5.74) is 0. The lowest BCUT2D eigenvalue weighted by molar-refractivity contribution is -0.172. The van der Waals surface area contributed by atoms with Crippen molar-refractivity contribution >= 4 is 5.97 Å². The third-order valence-corrected chi connectivity index (χ3v) is 5.28. The number of hydrogen-bond donors (Lipinski definition) is 2. The third-order valence-electron chi connectivity index (χ3n) is 5.28. The smallest absolute Gasteiger partial charge is 0.308 e. The molecule has 24 heavy (non-hydrogen) atoms. The minimum absolute atomic E-state index is 0.0434. The van der Waals surface area contributed by atoms with Crippen molar-refractivity contribution in [3.05, 3.63) is 12.2 Å². The summed E-state index contributed by atoms with van der Waals surface area (Å²) in [5, 5.41) is 20.7. The molecule has 1 unspecified atom stereocenters. The van der Waals surface area contributed by atoms with Gasteiger partial charge in [-0.2, -0.15) is 0 Å². The Kier molecular flexibility index (Phi) is 8.95. The third kappa shape index (κ3) is 5.57. The Balaban J connectivity index is 2.72. The average molecular weight is 342 g/mol. The van der Waals surface area contributed by atoms with Gasteiger partial charge >= 0.3 is 5.97 Å².